The number of hydrogen-bond acceptors (Lipinski definition) is 6. The lowest BCUT2D eigenvalue weighted by molar-refractivity contribution is 0.628. The average molecular weight is 398 g/mol. The second-order valence-electron chi connectivity index (χ2n) is 5.32. The highest BCUT2D eigenvalue weighted by Crippen LogP contribution is 2.28. The first kappa shape index (κ1) is 18.8. The smallest absolute Gasteiger partial charge is 0.189 e. The summed E-state index contributed by atoms with van der Waals surface area (Å²) < 4.78 is 13.2. The first-order chi connectivity index (χ1) is 13.1. The number of hydrogen-bond donors (Lipinski definition) is 1. The van der Waals surface area contributed by atoms with Crippen molar-refractivity contribution in [3.05, 3.63) is 70.5 Å². The number of aromatic nitrogens is 2. The van der Waals surface area contributed by atoms with Crippen LogP contribution in [0.1, 0.15) is 11.1 Å². The Balaban J connectivity index is 1.96. The molecule has 0 unspecified atom stereocenters. The van der Waals surface area contributed by atoms with Gasteiger partial charge in [0.25, 0.3) is 0 Å². The number of halogens is 2. The van der Waals surface area contributed by atoms with Crippen LogP contribution in [0.3, 0.4) is 0 Å². The van der Waals surface area contributed by atoms with Gasteiger partial charge in [-0.05, 0) is 48.2 Å². The van der Waals surface area contributed by atoms with E-state index in [1.165, 1.54) is 23.9 Å². The molecule has 1 N–H and O–H groups in total. The molecule has 0 spiro atoms. The van der Waals surface area contributed by atoms with E-state index >= 15 is 0 Å². The van der Waals surface area contributed by atoms with Gasteiger partial charge in [-0.3, -0.25) is 5.43 Å². The highest BCUT2D eigenvalue weighted by molar-refractivity contribution is 7.98. The summed E-state index contributed by atoms with van der Waals surface area (Å²) in [5.74, 6) is -0.0799. The minimum atomic E-state index is -0.359. The van der Waals surface area contributed by atoms with Gasteiger partial charge in [-0.15, -0.1) is 0 Å². The topological polar surface area (TPSA) is 74.0 Å². The van der Waals surface area contributed by atoms with E-state index in [0.717, 1.165) is 5.56 Å². The molecule has 0 saturated carbocycles. The summed E-state index contributed by atoms with van der Waals surface area (Å²) >= 11 is 7.19. The summed E-state index contributed by atoms with van der Waals surface area (Å²) in [7, 11) is 0. The van der Waals surface area contributed by atoms with Crippen LogP contribution in [-0.2, 0) is 0 Å². The second kappa shape index (κ2) is 8.62. The van der Waals surface area contributed by atoms with Crippen LogP contribution in [0.2, 0.25) is 5.02 Å². The van der Waals surface area contributed by atoms with Crippen LogP contribution in [0.4, 0.5) is 10.2 Å². The second-order valence-corrected chi connectivity index (χ2v) is 6.53. The van der Waals surface area contributed by atoms with Crippen molar-refractivity contribution in [2.45, 2.75) is 5.16 Å². The molecule has 2 aromatic carbocycles. The zero-order chi connectivity index (χ0) is 19.2. The third kappa shape index (κ3) is 4.61. The SMILES string of the molecule is CSc1nc(N/N=C/c2ccc(Cl)cc2)c(C#N)c(-c2ccc(F)cc2)n1. The van der Waals surface area contributed by atoms with Crippen LogP contribution in [0.5, 0.6) is 0 Å². The predicted molar refractivity (Wildman–Crippen MR) is 107 cm³/mol. The van der Waals surface area contributed by atoms with Crippen molar-refractivity contribution in [3.8, 4) is 17.3 Å². The molecule has 3 aromatic rings. The Morgan fingerprint density at radius 3 is 2.48 bits per heavy atom. The number of rotatable bonds is 5. The molecule has 0 aliphatic rings. The number of hydrazone groups is 1. The first-order valence-corrected chi connectivity index (χ1v) is 9.37. The number of thioether (sulfide) groups is 1. The van der Waals surface area contributed by atoms with Crippen LogP contribution in [0.15, 0.2) is 58.8 Å². The van der Waals surface area contributed by atoms with Crippen molar-refractivity contribution in [1.29, 1.82) is 5.26 Å². The fourth-order valence-corrected chi connectivity index (χ4v) is 2.74. The molecular formula is C19H13ClFN5S. The van der Waals surface area contributed by atoms with Crippen molar-refractivity contribution in [1.82, 2.24) is 9.97 Å². The summed E-state index contributed by atoms with van der Waals surface area (Å²) in [6.07, 6.45) is 3.42. The molecule has 1 aromatic heterocycles. The van der Waals surface area contributed by atoms with E-state index in [0.29, 0.717) is 21.4 Å². The zero-order valence-corrected chi connectivity index (χ0v) is 15.7. The number of benzene rings is 2. The Morgan fingerprint density at radius 1 is 1.15 bits per heavy atom. The van der Waals surface area contributed by atoms with Crippen molar-refractivity contribution in [2.75, 3.05) is 11.7 Å². The standard InChI is InChI=1S/C19H13ClFN5S/c1-27-19-24-17(13-4-8-15(21)9-5-13)16(10-22)18(25-19)26-23-11-12-2-6-14(20)7-3-12/h2-9,11H,1H3,(H,24,25,26)/b23-11+. The quantitative estimate of drug-likeness (QED) is 0.284. The Morgan fingerprint density at radius 2 is 1.85 bits per heavy atom. The van der Waals surface area contributed by atoms with Gasteiger partial charge in [-0.1, -0.05) is 35.5 Å². The highest BCUT2D eigenvalue weighted by atomic mass is 35.5. The van der Waals surface area contributed by atoms with Crippen LogP contribution in [-0.4, -0.2) is 22.4 Å². The molecule has 0 radical (unpaired) electrons. The van der Waals surface area contributed by atoms with Crippen molar-refractivity contribution in [3.63, 3.8) is 0 Å². The van der Waals surface area contributed by atoms with Gasteiger partial charge in [0.05, 0.1) is 11.9 Å². The largest absolute Gasteiger partial charge is 0.260 e. The van der Waals surface area contributed by atoms with E-state index in [9.17, 15) is 9.65 Å². The molecule has 27 heavy (non-hydrogen) atoms. The first-order valence-electron chi connectivity index (χ1n) is 7.77. The Labute approximate surface area is 164 Å². The van der Waals surface area contributed by atoms with E-state index in [1.54, 1.807) is 30.5 Å². The summed E-state index contributed by atoms with van der Waals surface area (Å²) in [6, 6.07) is 15.0. The highest BCUT2D eigenvalue weighted by Gasteiger charge is 2.15. The Hall–Kier alpha value is -2.95. The third-order valence-corrected chi connectivity index (χ3v) is 4.35. The monoisotopic (exact) mass is 397 g/mol. The summed E-state index contributed by atoms with van der Waals surface area (Å²) in [5.41, 5.74) is 4.90. The lowest BCUT2D eigenvalue weighted by atomic mass is 10.1. The molecule has 0 fully saturated rings. The molecule has 1 heterocycles. The van der Waals surface area contributed by atoms with E-state index < -0.39 is 0 Å². The van der Waals surface area contributed by atoms with Gasteiger partial charge in [-0.25, -0.2) is 14.4 Å². The Kier molecular flexibility index (Phi) is 6.01. The normalized spacial score (nSPS) is 10.7. The fourth-order valence-electron chi connectivity index (χ4n) is 2.25. The van der Waals surface area contributed by atoms with Crippen LogP contribution >= 0.6 is 23.4 Å². The molecule has 3 rings (SSSR count). The molecule has 8 heteroatoms. The van der Waals surface area contributed by atoms with E-state index in [4.69, 9.17) is 11.6 Å². The molecule has 0 atom stereocenters. The maximum Gasteiger partial charge on any atom is 0.189 e. The van der Waals surface area contributed by atoms with Gasteiger partial charge >= 0.3 is 0 Å². The van der Waals surface area contributed by atoms with Crippen LogP contribution in [0.25, 0.3) is 11.3 Å². The predicted octanol–water partition coefficient (Wildman–Crippen LogP) is 4.98. The Bertz CT molecular complexity index is 1010. The zero-order valence-electron chi connectivity index (χ0n) is 14.1. The van der Waals surface area contributed by atoms with Gasteiger partial charge in [-0.2, -0.15) is 10.4 Å². The summed E-state index contributed by atoms with van der Waals surface area (Å²) in [5, 5.41) is 14.9. The lowest BCUT2D eigenvalue weighted by Crippen LogP contribution is -2.03. The molecule has 0 aliphatic heterocycles. The van der Waals surface area contributed by atoms with Gasteiger partial charge in [0.1, 0.15) is 17.4 Å². The van der Waals surface area contributed by atoms with Crippen LogP contribution in [0, 0.1) is 17.1 Å². The number of anilines is 1. The third-order valence-electron chi connectivity index (χ3n) is 3.55. The average Bonchev–Trinajstić information content (AvgIpc) is 2.69. The molecule has 0 saturated heterocycles. The molecular weight excluding hydrogens is 385 g/mol. The van der Waals surface area contributed by atoms with Crippen LogP contribution < -0.4 is 5.43 Å². The maximum atomic E-state index is 13.2. The molecule has 134 valence electrons. The molecule has 0 bridgehead atoms. The number of nitrogens with zero attached hydrogens (tertiary/aromatic N) is 4. The molecule has 0 amide bonds. The van der Waals surface area contributed by atoms with E-state index in [-0.39, 0.29) is 17.2 Å². The van der Waals surface area contributed by atoms with Gasteiger partial charge in [0.15, 0.2) is 11.0 Å². The summed E-state index contributed by atoms with van der Waals surface area (Å²) in [4.78, 5) is 8.72. The maximum absolute atomic E-state index is 13.2. The number of nitriles is 1. The lowest BCUT2D eigenvalue weighted by Gasteiger charge is -2.09. The minimum Gasteiger partial charge on any atom is -0.260 e. The van der Waals surface area contributed by atoms with Gasteiger partial charge in [0.2, 0.25) is 0 Å². The fraction of sp³-hybridized carbons (Fsp3) is 0.0526. The van der Waals surface area contributed by atoms with Crippen molar-refractivity contribution < 1.29 is 4.39 Å². The van der Waals surface area contributed by atoms with Gasteiger partial charge in [0, 0.05) is 10.6 Å². The summed E-state index contributed by atoms with van der Waals surface area (Å²) in [6.45, 7) is 0. The van der Waals surface area contributed by atoms with Gasteiger partial charge < -0.3 is 0 Å². The van der Waals surface area contributed by atoms with Crippen molar-refractivity contribution >= 4 is 35.4 Å². The van der Waals surface area contributed by atoms with E-state index in [1.807, 2.05) is 18.4 Å². The molecule has 5 nitrogen and oxygen atoms in total. The molecule has 0 aliphatic carbocycles. The minimum absolute atomic E-state index is 0.229. The van der Waals surface area contributed by atoms with E-state index in [2.05, 4.69) is 26.6 Å². The number of nitrogens with one attached hydrogen (secondary N) is 1. The van der Waals surface area contributed by atoms with Crippen molar-refractivity contribution in [2.24, 2.45) is 5.10 Å².